The summed E-state index contributed by atoms with van der Waals surface area (Å²) in [5, 5.41) is 4.66. The molecule has 1 rings (SSSR count). The Morgan fingerprint density at radius 2 is 2.05 bits per heavy atom. The Balaban J connectivity index is 2.72. The van der Waals surface area contributed by atoms with E-state index in [-0.39, 0.29) is 5.25 Å². The van der Waals surface area contributed by atoms with Crippen LogP contribution < -0.4 is 5.32 Å². The van der Waals surface area contributed by atoms with Crippen LogP contribution in [0.15, 0.2) is 29.8 Å². The molecule has 1 atom stereocenters. The number of rotatable bonds is 4. The zero-order chi connectivity index (χ0) is 14.6. The largest absolute Gasteiger partial charge is 0.341 e. The molecule has 0 saturated carbocycles. The number of thiocarbonyl (C=S) groups is 1. The first-order valence-electron chi connectivity index (χ1n) is 5.89. The minimum absolute atomic E-state index is 0.106. The summed E-state index contributed by atoms with van der Waals surface area (Å²) >= 11 is 18.8. The van der Waals surface area contributed by atoms with Gasteiger partial charge < -0.3 is 5.32 Å². The van der Waals surface area contributed by atoms with Gasteiger partial charge in [-0.15, -0.1) is 0 Å². The van der Waals surface area contributed by atoms with Crippen molar-refractivity contribution >= 4 is 57.2 Å². The molecule has 0 amide bonds. The molecule has 0 spiro atoms. The molecule has 1 N–H and O–H groups in total. The molecule has 5 heteroatoms. The molecular weight excluding hydrogens is 317 g/mol. The lowest BCUT2D eigenvalue weighted by atomic mass is 10.1. The zero-order valence-electron chi connectivity index (χ0n) is 11.2. The van der Waals surface area contributed by atoms with Gasteiger partial charge in [-0.1, -0.05) is 67.6 Å². The molecule has 0 radical (unpaired) electrons. The average Bonchev–Trinajstić information content (AvgIpc) is 2.29. The lowest BCUT2D eigenvalue weighted by molar-refractivity contribution is 0.675. The van der Waals surface area contributed by atoms with Crippen LogP contribution >= 0.6 is 47.2 Å². The molecule has 1 aromatic rings. The molecule has 0 aliphatic rings. The number of aryl methyl sites for hydroxylation is 1. The van der Waals surface area contributed by atoms with Crippen LogP contribution in [0.25, 0.3) is 0 Å². The number of hydrogen-bond acceptors (Lipinski definition) is 2. The molecule has 104 valence electrons. The van der Waals surface area contributed by atoms with Crippen LogP contribution in [0.2, 0.25) is 5.02 Å². The fourth-order valence-electron chi connectivity index (χ4n) is 1.58. The minimum Gasteiger partial charge on any atom is -0.341 e. The molecule has 1 unspecified atom stereocenters. The third-order valence-corrected chi connectivity index (χ3v) is 4.96. The average molecular weight is 334 g/mol. The molecule has 1 aromatic carbocycles. The highest BCUT2D eigenvalue weighted by atomic mass is 35.5. The summed E-state index contributed by atoms with van der Waals surface area (Å²) in [6, 6.07) is 5.66. The van der Waals surface area contributed by atoms with E-state index in [1.165, 1.54) is 11.8 Å². The Kier molecular flexibility index (Phi) is 6.67. The van der Waals surface area contributed by atoms with Crippen LogP contribution in [0.5, 0.6) is 0 Å². The van der Waals surface area contributed by atoms with E-state index in [2.05, 4.69) is 25.7 Å². The van der Waals surface area contributed by atoms with Crippen LogP contribution in [0.1, 0.15) is 19.4 Å². The fourth-order valence-corrected chi connectivity index (χ4v) is 3.42. The maximum Gasteiger partial charge on any atom is 0.138 e. The van der Waals surface area contributed by atoms with E-state index in [9.17, 15) is 0 Å². The van der Waals surface area contributed by atoms with Crippen molar-refractivity contribution in [2.24, 2.45) is 5.92 Å². The Bertz CT molecular complexity index is 486. The van der Waals surface area contributed by atoms with E-state index in [0.717, 1.165) is 16.3 Å². The van der Waals surface area contributed by atoms with E-state index >= 15 is 0 Å². The minimum atomic E-state index is 0.106. The van der Waals surface area contributed by atoms with Gasteiger partial charge in [0.1, 0.15) is 4.32 Å². The number of nitrogens with one attached hydrogen (secondary N) is 1. The third kappa shape index (κ3) is 5.35. The summed E-state index contributed by atoms with van der Waals surface area (Å²) < 4.78 is 0.686. The van der Waals surface area contributed by atoms with Crippen molar-refractivity contribution in [2.75, 3.05) is 5.32 Å². The highest BCUT2D eigenvalue weighted by molar-refractivity contribution is 8.23. The Hall–Kier alpha value is -0.220. The molecule has 19 heavy (non-hydrogen) atoms. The standard InChI is InChI=1S/C14H17Cl2NS2/c1-8(2)13(10(4)15)19-14(18)17-12-6-5-11(16)7-9(12)3/h5-8,13H,4H2,1-3H3,(H,17,18). The first-order valence-corrected chi connectivity index (χ1v) is 7.93. The summed E-state index contributed by atoms with van der Waals surface area (Å²) in [4.78, 5) is 0. The van der Waals surface area contributed by atoms with Gasteiger partial charge in [0.15, 0.2) is 0 Å². The zero-order valence-corrected chi connectivity index (χ0v) is 14.3. The number of thioether (sulfide) groups is 1. The number of benzene rings is 1. The van der Waals surface area contributed by atoms with Crippen molar-refractivity contribution in [3.8, 4) is 0 Å². The van der Waals surface area contributed by atoms with Crippen molar-refractivity contribution in [3.05, 3.63) is 40.4 Å². The first-order chi connectivity index (χ1) is 8.81. The van der Waals surface area contributed by atoms with Crippen molar-refractivity contribution in [1.29, 1.82) is 0 Å². The number of hydrogen-bond donors (Lipinski definition) is 1. The third-order valence-electron chi connectivity index (χ3n) is 2.57. The normalized spacial score (nSPS) is 12.3. The first kappa shape index (κ1) is 16.8. The predicted octanol–water partition coefficient (Wildman–Crippen LogP) is 5.86. The molecule has 0 bridgehead atoms. The Morgan fingerprint density at radius 1 is 1.42 bits per heavy atom. The van der Waals surface area contributed by atoms with E-state index < -0.39 is 0 Å². The van der Waals surface area contributed by atoms with E-state index in [0.29, 0.717) is 15.3 Å². The summed E-state index contributed by atoms with van der Waals surface area (Å²) in [5.41, 5.74) is 2.02. The molecule has 1 nitrogen and oxygen atoms in total. The smallest absolute Gasteiger partial charge is 0.138 e. The Morgan fingerprint density at radius 3 is 2.53 bits per heavy atom. The molecule has 0 saturated heterocycles. The summed E-state index contributed by atoms with van der Waals surface area (Å²) in [6.45, 7) is 9.99. The van der Waals surface area contributed by atoms with Crippen molar-refractivity contribution < 1.29 is 0 Å². The van der Waals surface area contributed by atoms with Gasteiger partial charge in [-0.3, -0.25) is 0 Å². The highest BCUT2D eigenvalue weighted by Gasteiger charge is 2.18. The lowest BCUT2D eigenvalue weighted by Gasteiger charge is -2.20. The van der Waals surface area contributed by atoms with Gasteiger partial charge in [-0.2, -0.15) is 0 Å². The second kappa shape index (κ2) is 7.53. The molecular formula is C14H17Cl2NS2. The van der Waals surface area contributed by atoms with Gasteiger partial charge in [-0.05, 0) is 36.6 Å². The summed E-state index contributed by atoms with van der Waals surface area (Å²) in [7, 11) is 0. The predicted molar refractivity (Wildman–Crippen MR) is 93.6 cm³/mol. The van der Waals surface area contributed by atoms with E-state index in [4.69, 9.17) is 35.4 Å². The van der Waals surface area contributed by atoms with Gasteiger partial charge >= 0.3 is 0 Å². The van der Waals surface area contributed by atoms with Gasteiger partial charge in [0.2, 0.25) is 0 Å². The SMILES string of the molecule is C=C(Cl)C(SC(=S)Nc1ccc(Cl)cc1C)C(C)C. The number of halogens is 2. The monoisotopic (exact) mass is 333 g/mol. The topological polar surface area (TPSA) is 12.0 Å². The van der Waals surface area contributed by atoms with Crippen LogP contribution in [0.3, 0.4) is 0 Å². The molecule has 0 aliphatic heterocycles. The van der Waals surface area contributed by atoms with Crippen LogP contribution in [0.4, 0.5) is 5.69 Å². The second-order valence-corrected chi connectivity index (χ2v) is 7.34. The van der Waals surface area contributed by atoms with Crippen LogP contribution in [-0.4, -0.2) is 9.57 Å². The summed E-state index contributed by atoms with van der Waals surface area (Å²) in [5.74, 6) is 0.376. The van der Waals surface area contributed by atoms with E-state index in [1.807, 2.05) is 25.1 Å². The maximum atomic E-state index is 6.02. The molecule has 0 aliphatic carbocycles. The van der Waals surface area contributed by atoms with Gasteiger partial charge in [0, 0.05) is 21.0 Å². The Labute approximate surface area is 134 Å². The number of anilines is 1. The van der Waals surface area contributed by atoms with Crippen LogP contribution in [-0.2, 0) is 0 Å². The second-order valence-electron chi connectivity index (χ2n) is 4.60. The summed E-state index contributed by atoms with van der Waals surface area (Å²) in [6.07, 6.45) is 0. The van der Waals surface area contributed by atoms with Crippen molar-refractivity contribution in [3.63, 3.8) is 0 Å². The lowest BCUT2D eigenvalue weighted by Crippen LogP contribution is -2.17. The van der Waals surface area contributed by atoms with Crippen molar-refractivity contribution in [1.82, 2.24) is 0 Å². The molecule has 0 fully saturated rings. The van der Waals surface area contributed by atoms with Crippen LogP contribution in [0, 0.1) is 12.8 Å². The van der Waals surface area contributed by atoms with Gasteiger partial charge in [0.05, 0.1) is 0 Å². The molecule has 0 aromatic heterocycles. The van der Waals surface area contributed by atoms with Gasteiger partial charge in [-0.25, -0.2) is 0 Å². The van der Waals surface area contributed by atoms with Gasteiger partial charge in [0.25, 0.3) is 0 Å². The van der Waals surface area contributed by atoms with Crippen molar-refractivity contribution in [2.45, 2.75) is 26.0 Å². The quantitative estimate of drug-likeness (QED) is 0.693. The van der Waals surface area contributed by atoms with E-state index in [1.54, 1.807) is 0 Å². The molecule has 0 heterocycles. The highest BCUT2D eigenvalue weighted by Crippen LogP contribution is 2.30. The fraction of sp³-hybridized carbons (Fsp3) is 0.357. The maximum absolute atomic E-state index is 6.02.